The van der Waals surface area contributed by atoms with Gasteiger partial charge in [0, 0.05) is 28.0 Å². The highest BCUT2D eigenvalue weighted by Gasteiger charge is 2.30. The van der Waals surface area contributed by atoms with Crippen LogP contribution in [0, 0.1) is 0 Å². The van der Waals surface area contributed by atoms with E-state index in [0.29, 0.717) is 30.3 Å². The molecule has 2 aromatic carbocycles. The molecule has 3 heterocycles. The summed E-state index contributed by atoms with van der Waals surface area (Å²) in [6, 6.07) is 10.8. The van der Waals surface area contributed by atoms with E-state index < -0.39 is 28.1 Å². The van der Waals surface area contributed by atoms with Crippen LogP contribution in [0.5, 0.6) is 5.88 Å². The number of anilines is 1. The topological polar surface area (TPSA) is 113 Å². The normalized spacial score (nSPS) is 15.7. The van der Waals surface area contributed by atoms with Crippen molar-refractivity contribution in [1.29, 1.82) is 0 Å². The van der Waals surface area contributed by atoms with E-state index in [0.717, 1.165) is 16.2 Å². The number of ether oxygens (including phenoxy) is 3. The number of nitrogens with zero attached hydrogens (tertiary/aromatic N) is 4. The van der Waals surface area contributed by atoms with Crippen molar-refractivity contribution >= 4 is 55.8 Å². The van der Waals surface area contributed by atoms with Gasteiger partial charge in [0.1, 0.15) is 18.2 Å². The molecule has 2 aromatic heterocycles. The van der Waals surface area contributed by atoms with Crippen LogP contribution in [0.15, 0.2) is 66.0 Å². The summed E-state index contributed by atoms with van der Waals surface area (Å²) < 4.78 is 47.0. The second kappa shape index (κ2) is 11.5. The SMILES string of the molecule is CC(C)(C)OC(=O)CN(c1ccc2c(ccn2-c2cnc(OC3CCOC3)cn2)c1)S(=O)(=O)c1cc(Cl)cc(Cl)c1. The van der Waals surface area contributed by atoms with Gasteiger partial charge in [-0.15, -0.1) is 0 Å². The Morgan fingerprint density at radius 3 is 2.49 bits per heavy atom. The Morgan fingerprint density at radius 2 is 1.85 bits per heavy atom. The van der Waals surface area contributed by atoms with Crippen LogP contribution >= 0.6 is 23.2 Å². The fourth-order valence-corrected chi connectivity index (χ4v) is 6.50. The molecule has 4 aromatic rings. The first-order valence-electron chi connectivity index (χ1n) is 12.8. The van der Waals surface area contributed by atoms with Crippen LogP contribution < -0.4 is 9.04 Å². The van der Waals surface area contributed by atoms with Gasteiger partial charge >= 0.3 is 5.97 Å². The molecule has 5 rings (SSSR count). The van der Waals surface area contributed by atoms with Crippen molar-refractivity contribution in [3.63, 3.8) is 0 Å². The minimum absolute atomic E-state index is 0.0381. The Bertz CT molecular complexity index is 1660. The molecular formula is C28H28Cl2N4O6S. The smallest absolute Gasteiger partial charge is 0.327 e. The summed E-state index contributed by atoms with van der Waals surface area (Å²) in [6.45, 7) is 5.75. The predicted octanol–water partition coefficient (Wildman–Crippen LogP) is 5.43. The fourth-order valence-electron chi connectivity index (χ4n) is 4.37. The van der Waals surface area contributed by atoms with Gasteiger partial charge in [-0.3, -0.25) is 13.7 Å². The summed E-state index contributed by atoms with van der Waals surface area (Å²) in [6.07, 6.45) is 5.72. The number of halogens is 2. The summed E-state index contributed by atoms with van der Waals surface area (Å²) >= 11 is 12.2. The first-order chi connectivity index (χ1) is 19.4. The molecule has 0 aliphatic carbocycles. The third-order valence-electron chi connectivity index (χ3n) is 6.12. The molecule has 1 aliphatic heterocycles. The predicted molar refractivity (Wildman–Crippen MR) is 156 cm³/mol. The summed E-state index contributed by atoms with van der Waals surface area (Å²) in [5.74, 6) is 0.246. The van der Waals surface area contributed by atoms with E-state index in [2.05, 4.69) is 9.97 Å². The van der Waals surface area contributed by atoms with Gasteiger partial charge in [0.25, 0.3) is 10.0 Å². The standard InChI is InChI=1S/C28H28Cl2N4O6S/c1-28(2,3)40-27(35)16-34(41(36,37)23-12-19(29)11-20(30)13-23)21-4-5-24-18(10-21)6-8-33(24)25-14-32-26(15-31-25)39-22-7-9-38-17-22/h4-6,8,10-15,22H,7,9,16-17H2,1-3H3. The highest BCUT2D eigenvalue weighted by Crippen LogP contribution is 2.31. The Balaban J connectivity index is 1.48. The molecule has 0 N–H and O–H groups in total. The lowest BCUT2D eigenvalue weighted by molar-refractivity contribution is -0.152. The maximum absolute atomic E-state index is 13.8. The van der Waals surface area contributed by atoms with Gasteiger partial charge in [-0.2, -0.15) is 0 Å². The van der Waals surface area contributed by atoms with Crippen molar-refractivity contribution in [3.8, 4) is 11.7 Å². The van der Waals surface area contributed by atoms with Crippen LogP contribution in [0.1, 0.15) is 27.2 Å². The molecule has 1 atom stereocenters. The lowest BCUT2D eigenvalue weighted by Gasteiger charge is -2.26. The van der Waals surface area contributed by atoms with E-state index in [1.54, 1.807) is 57.6 Å². The van der Waals surface area contributed by atoms with Gasteiger partial charge in [0.05, 0.1) is 41.7 Å². The average Bonchev–Trinajstić information content (AvgIpc) is 3.56. The maximum atomic E-state index is 13.8. The van der Waals surface area contributed by atoms with Gasteiger partial charge in [-0.1, -0.05) is 23.2 Å². The molecule has 0 spiro atoms. The van der Waals surface area contributed by atoms with E-state index in [9.17, 15) is 13.2 Å². The number of sulfonamides is 1. The van der Waals surface area contributed by atoms with Crippen LogP contribution in [0.25, 0.3) is 16.7 Å². The second-order valence-corrected chi connectivity index (χ2v) is 13.2. The number of carbonyl (C=O) groups excluding carboxylic acids is 1. The molecule has 0 saturated carbocycles. The first-order valence-corrected chi connectivity index (χ1v) is 15.0. The summed E-state index contributed by atoms with van der Waals surface area (Å²) in [7, 11) is -4.27. The number of benzene rings is 2. The monoisotopic (exact) mass is 618 g/mol. The highest BCUT2D eigenvalue weighted by atomic mass is 35.5. The Hall–Kier alpha value is -3.38. The van der Waals surface area contributed by atoms with Crippen LogP contribution in [-0.2, 0) is 24.3 Å². The molecule has 216 valence electrons. The third-order valence-corrected chi connectivity index (χ3v) is 8.30. The van der Waals surface area contributed by atoms with Crippen molar-refractivity contribution in [1.82, 2.24) is 14.5 Å². The van der Waals surface area contributed by atoms with Crippen LogP contribution in [-0.4, -0.2) is 60.4 Å². The molecule has 0 amide bonds. The van der Waals surface area contributed by atoms with Crippen molar-refractivity contribution in [2.24, 2.45) is 0 Å². The Labute approximate surface area is 247 Å². The van der Waals surface area contributed by atoms with Crippen molar-refractivity contribution in [2.45, 2.75) is 43.8 Å². The minimum Gasteiger partial charge on any atom is -0.471 e. The Kier molecular flexibility index (Phi) is 8.15. The van der Waals surface area contributed by atoms with E-state index in [1.807, 2.05) is 10.6 Å². The zero-order chi connectivity index (χ0) is 29.4. The van der Waals surface area contributed by atoms with Gasteiger partial charge < -0.3 is 14.2 Å². The molecule has 13 heteroatoms. The van der Waals surface area contributed by atoms with E-state index >= 15 is 0 Å². The van der Waals surface area contributed by atoms with Crippen LogP contribution in [0.2, 0.25) is 10.0 Å². The third kappa shape index (κ3) is 6.75. The lowest BCUT2D eigenvalue weighted by Crippen LogP contribution is -2.39. The molecule has 0 radical (unpaired) electrons. The van der Waals surface area contributed by atoms with Crippen LogP contribution in [0.4, 0.5) is 5.69 Å². The number of hydrogen-bond acceptors (Lipinski definition) is 8. The summed E-state index contributed by atoms with van der Waals surface area (Å²) in [5, 5.41) is 1.01. The number of rotatable bonds is 8. The molecule has 1 unspecified atom stereocenters. The molecule has 10 nitrogen and oxygen atoms in total. The van der Waals surface area contributed by atoms with E-state index in [1.165, 1.54) is 18.2 Å². The average molecular weight is 620 g/mol. The Morgan fingerprint density at radius 1 is 1.10 bits per heavy atom. The van der Waals surface area contributed by atoms with Gasteiger partial charge in [-0.05, 0) is 63.2 Å². The van der Waals surface area contributed by atoms with E-state index in [4.69, 9.17) is 37.4 Å². The fraction of sp³-hybridized carbons (Fsp3) is 0.321. The van der Waals surface area contributed by atoms with Crippen molar-refractivity contribution in [2.75, 3.05) is 24.1 Å². The number of aromatic nitrogens is 3. The largest absolute Gasteiger partial charge is 0.471 e. The zero-order valence-electron chi connectivity index (χ0n) is 22.6. The van der Waals surface area contributed by atoms with E-state index in [-0.39, 0.29) is 26.7 Å². The summed E-state index contributed by atoms with van der Waals surface area (Å²) in [4.78, 5) is 21.5. The van der Waals surface area contributed by atoms with Gasteiger partial charge in [0.15, 0.2) is 5.82 Å². The van der Waals surface area contributed by atoms with Gasteiger partial charge in [-0.25, -0.2) is 18.4 Å². The van der Waals surface area contributed by atoms with Crippen molar-refractivity contribution < 1.29 is 27.4 Å². The number of fused-ring (bicyclic) bond motifs is 1. The molecular weight excluding hydrogens is 591 g/mol. The number of carbonyl (C=O) groups is 1. The quantitative estimate of drug-likeness (QED) is 0.240. The van der Waals surface area contributed by atoms with Crippen molar-refractivity contribution in [3.05, 3.63) is 71.1 Å². The molecule has 0 bridgehead atoms. The maximum Gasteiger partial charge on any atom is 0.327 e. The zero-order valence-corrected chi connectivity index (χ0v) is 24.9. The summed E-state index contributed by atoms with van der Waals surface area (Å²) in [5.41, 5.74) is 0.201. The second-order valence-electron chi connectivity index (χ2n) is 10.4. The number of hydrogen-bond donors (Lipinski definition) is 0. The molecule has 1 fully saturated rings. The molecule has 41 heavy (non-hydrogen) atoms. The molecule has 1 aliphatic rings. The van der Waals surface area contributed by atoms with Gasteiger partial charge in [0.2, 0.25) is 5.88 Å². The highest BCUT2D eigenvalue weighted by molar-refractivity contribution is 7.92. The lowest BCUT2D eigenvalue weighted by atomic mass is 10.2. The minimum atomic E-state index is -4.27. The first kappa shape index (κ1) is 29.1. The van der Waals surface area contributed by atoms with Crippen LogP contribution in [0.3, 0.4) is 0 Å². The number of esters is 1. The molecule has 1 saturated heterocycles.